The van der Waals surface area contributed by atoms with E-state index in [-0.39, 0.29) is 5.75 Å². The topological polar surface area (TPSA) is 93.0 Å². The molecule has 0 unspecified atom stereocenters. The Bertz CT molecular complexity index is 796. The fourth-order valence-corrected chi connectivity index (χ4v) is 4.31. The Morgan fingerprint density at radius 3 is 2.64 bits per heavy atom. The summed E-state index contributed by atoms with van der Waals surface area (Å²) in [7, 11) is -3.20. The second kappa shape index (κ2) is 8.09. The van der Waals surface area contributed by atoms with Gasteiger partial charge in [0.25, 0.3) is 0 Å². The summed E-state index contributed by atoms with van der Waals surface area (Å²) in [6, 6.07) is 0. The van der Waals surface area contributed by atoms with Crippen LogP contribution in [-0.2, 0) is 16.6 Å². The van der Waals surface area contributed by atoms with Crippen molar-refractivity contribution in [3.05, 3.63) is 12.5 Å². The van der Waals surface area contributed by atoms with Crippen LogP contribution >= 0.6 is 0 Å². The molecule has 3 rings (SSSR count). The molecule has 1 saturated heterocycles. The fraction of sp³-hybridized carbons (Fsp3) is 0.688. The fourth-order valence-electron chi connectivity index (χ4n) is 3.23. The molecule has 1 aliphatic rings. The van der Waals surface area contributed by atoms with Crippen LogP contribution in [0.2, 0.25) is 0 Å². The maximum atomic E-state index is 11.7. The summed E-state index contributed by atoms with van der Waals surface area (Å²) in [5.41, 5.74) is 0.754. The van der Waals surface area contributed by atoms with Crippen LogP contribution in [0.4, 0.5) is 5.82 Å². The molecule has 0 atom stereocenters. The molecule has 0 aromatic carbocycles. The number of hydrogen-bond acceptors (Lipinski definition) is 6. The van der Waals surface area contributed by atoms with Crippen LogP contribution in [0, 0.1) is 0 Å². The highest BCUT2D eigenvalue weighted by Gasteiger charge is 2.17. The molecule has 0 spiro atoms. The van der Waals surface area contributed by atoms with Crippen LogP contribution < -0.4 is 9.62 Å². The number of fused-ring (bicyclic) bond motifs is 1. The molecule has 1 fully saturated rings. The Kier molecular flexibility index (Phi) is 5.85. The van der Waals surface area contributed by atoms with Gasteiger partial charge in [0.2, 0.25) is 10.0 Å². The van der Waals surface area contributed by atoms with Crippen molar-refractivity contribution >= 4 is 26.9 Å². The molecule has 0 amide bonds. The number of rotatable bonds is 7. The summed E-state index contributed by atoms with van der Waals surface area (Å²) in [5.74, 6) is 1.08. The lowest BCUT2D eigenvalue weighted by Gasteiger charge is -2.21. The van der Waals surface area contributed by atoms with Crippen molar-refractivity contribution < 1.29 is 8.42 Å². The molecule has 8 nitrogen and oxygen atoms in total. The van der Waals surface area contributed by atoms with Gasteiger partial charge in [-0.2, -0.15) is 5.10 Å². The van der Waals surface area contributed by atoms with Crippen LogP contribution in [0.15, 0.2) is 12.5 Å². The van der Waals surface area contributed by atoms with Crippen LogP contribution in [0.3, 0.4) is 0 Å². The van der Waals surface area contributed by atoms with Crippen molar-refractivity contribution in [2.45, 2.75) is 45.6 Å². The van der Waals surface area contributed by atoms with Crippen molar-refractivity contribution in [3.8, 4) is 0 Å². The zero-order valence-corrected chi connectivity index (χ0v) is 15.5. The molecule has 0 radical (unpaired) electrons. The second-order valence-corrected chi connectivity index (χ2v) is 8.34. The third-order valence-corrected chi connectivity index (χ3v) is 6.03. The minimum absolute atomic E-state index is 0.147. The summed E-state index contributed by atoms with van der Waals surface area (Å²) < 4.78 is 27.8. The van der Waals surface area contributed by atoms with Crippen molar-refractivity contribution in [1.29, 1.82) is 0 Å². The summed E-state index contributed by atoms with van der Waals surface area (Å²) in [6.07, 6.45) is 8.85. The minimum atomic E-state index is -3.20. The smallest absolute Gasteiger partial charge is 0.211 e. The number of nitrogens with one attached hydrogen (secondary N) is 1. The molecule has 2 aromatic rings. The largest absolute Gasteiger partial charge is 0.356 e. The van der Waals surface area contributed by atoms with Gasteiger partial charge in [-0.1, -0.05) is 19.8 Å². The maximum absolute atomic E-state index is 11.7. The summed E-state index contributed by atoms with van der Waals surface area (Å²) in [6.45, 7) is 4.62. The molecule has 25 heavy (non-hydrogen) atoms. The second-order valence-electron chi connectivity index (χ2n) is 6.42. The van der Waals surface area contributed by atoms with E-state index >= 15 is 0 Å². The van der Waals surface area contributed by atoms with Gasteiger partial charge >= 0.3 is 0 Å². The Morgan fingerprint density at radius 1 is 1.16 bits per heavy atom. The first kappa shape index (κ1) is 18.1. The Hall–Kier alpha value is -1.74. The van der Waals surface area contributed by atoms with Crippen LogP contribution in [0.25, 0.3) is 11.0 Å². The van der Waals surface area contributed by atoms with Gasteiger partial charge in [0.15, 0.2) is 5.65 Å². The molecule has 0 aliphatic carbocycles. The zero-order chi connectivity index (χ0) is 17.7. The van der Waals surface area contributed by atoms with Gasteiger partial charge in [-0.05, 0) is 19.3 Å². The molecular weight excluding hydrogens is 340 g/mol. The lowest BCUT2D eigenvalue weighted by molar-refractivity contribution is 0.563. The highest BCUT2D eigenvalue weighted by molar-refractivity contribution is 7.89. The number of sulfonamides is 1. The van der Waals surface area contributed by atoms with Gasteiger partial charge in [0.1, 0.15) is 12.1 Å². The lowest BCUT2D eigenvalue weighted by atomic mass is 10.2. The normalized spacial score (nSPS) is 16.3. The molecule has 0 bridgehead atoms. The summed E-state index contributed by atoms with van der Waals surface area (Å²) in [4.78, 5) is 11.1. The van der Waals surface area contributed by atoms with Gasteiger partial charge < -0.3 is 4.90 Å². The minimum Gasteiger partial charge on any atom is -0.356 e. The first-order valence-corrected chi connectivity index (χ1v) is 10.6. The summed E-state index contributed by atoms with van der Waals surface area (Å²) in [5, 5.41) is 5.32. The third-order valence-electron chi connectivity index (χ3n) is 4.44. The van der Waals surface area contributed by atoms with Gasteiger partial charge in [0, 0.05) is 19.6 Å². The van der Waals surface area contributed by atoms with E-state index < -0.39 is 10.0 Å². The Morgan fingerprint density at radius 2 is 1.92 bits per heavy atom. The number of aromatic nitrogens is 4. The predicted octanol–water partition coefficient (Wildman–Crippen LogP) is 1.54. The van der Waals surface area contributed by atoms with Gasteiger partial charge in [-0.3, -0.25) is 0 Å². The monoisotopic (exact) mass is 366 g/mol. The SMILES string of the molecule is CCCS(=O)(=O)NCCn1ncc2c(N3CCCCCC3)ncnc21. The molecule has 1 N–H and O–H groups in total. The quantitative estimate of drug-likeness (QED) is 0.799. The Labute approximate surface area is 148 Å². The van der Waals surface area contributed by atoms with E-state index in [0.29, 0.717) is 19.5 Å². The van der Waals surface area contributed by atoms with E-state index in [2.05, 4.69) is 24.7 Å². The van der Waals surface area contributed by atoms with Gasteiger partial charge in [0.05, 0.1) is 23.9 Å². The number of nitrogens with zero attached hydrogens (tertiary/aromatic N) is 5. The standard InChI is InChI=1S/C16H26N6O2S/c1-2-11-25(23,24)20-7-10-22-16-14(12-19-22)15(17-13-18-16)21-8-5-3-4-6-9-21/h12-13,20H,2-11H2,1H3. The molecule has 9 heteroatoms. The van der Waals surface area contributed by atoms with Gasteiger partial charge in [-0.25, -0.2) is 27.8 Å². The maximum Gasteiger partial charge on any atom is 0.211 e. The molecule has 138 valence electrons. The van der Waals surface area contributed by atoms with E-state index in [1.807, 2.05) is 6.92 Å². The zero-order valence-electron chi connectivity index (χ0n) is 14.7. The summed E-state index contributed by atoms with van der Waals surface area (Å²) >= 11 is 0. The van der Waals surface area contributed by atoms with Gasteiger partial charge in [-0.15, -0.1) is 0 Å². The van der Waals surface area contributed by atoms with E-state index in [0.717, 1.165) is 29.9 Å². The first-order chi connectivity index (χ1) is 12.1. The molecule has 2 aromatic heterocycles. The van der Waals surface area contributed by atoms with Crippen molar-refractivity contribution in [2.24, 2.45) is 0 Å². The average Bonchev–Trinajstić information content (AvgIpc) is 2.81. The highest BCUT2D eigenvalue weighted by atomic mass is 32.2. The average molecular weight is 366 g/mol. The number of anilines is 1. The molecule has 0 saturated carbocycles. The molecular formula is C16H26N6O2S. The van der Waals surface area contributed by atoms with E-state index in [4.69, 9.17) is 0 Å². The van der Waals surface area contributed by atoms with Crippen LogP contribution in [-0.4, -0.2) is 53.6 Å². The van der Waals surface area contributed by atoms with Crippen molar-refractivity contribution in [1.82, 2.24) is 24.5 Å². The number of hydrogen-bond donors (Lipinski definition) is 1. The molecule has 1 aliphatic heterocycles. The predicted molar refractivity (Wildman–Crippen MR) is 98.1 cm³/mol. The first-order valence-electron chi connectivity index (χ1n) is 8.99. The van der Waals surface area contributed by atoms with E-state index in [1.165, 1.54) is 25.7 Å². The van der Waals surface area contributed by atoms with Crippen LogP contribution in [0.1, 0.15) is 39.0 Å². The Balaban J connectivity index is 1.74. The van der Waals surface area contributed by atoms with E-state index in [1.54, 1.807) is 17.2 Å². The van der Waals surface area contributed by atoms with Crippen LogP contribution in [0.5, 0.6) is 0 Å². The van der Waals surface area contributed by atoms with E-state index in [9.17, 15) is 8.42 Å². The van der Waals surface area contributed by atoms with Crippen molar-refractivity contribution in [2.75, 3.05) is 30.3 Å². The van der Waals surface area contributed by atoms with Crippen molar-refractivity contribution in [3.63, 3.8) is 0 Å². The lowest BCUT2D eigenvalue weighted by Crippen LogP contribution is -2.29. The molecule has 3 heterocycles. The third kappa shape index (κ3) is 4.46. The highest BCUT2D eigenvalue weighted by Crippen LogP contribution is 2.24.